The topological polar surface area (TPSA) is 137 Å². The second-order valence-electron chi connectivity index (χ2n) is 9.38. The molecule has 4 aromatic rings. The molecule has 204 valence electrons. The lowest BCUT2D eigenvalue weighted by Crippen LogP contribution is -2.19. The van der Waals surface area contributed by atoms with Crippen molar-refractivity contribution in [2.75, 3.05) is 23.0 Å². The first-order valence-corrected chi connectivity index (χ1v) is 13.3. The van der Waals surface area contributed by atoms with Crippen LogP contribution in [0.4, 0.5) is 22.0 Å². The lowest BCUT2D eigenvalue weighted by molar-refractivity contribution is -0.143. The van der Waals surface area contributed by atoms with Gasteiger partial charge in [-0.15, -0.1) is 0 Å². The van der Waals surface area contributed by atoms with E-state index in [1.807, 2.05) is 67.1 Å². The van der Waals surface area contributed by atoms with E-state index in [0.29, 0.717) is 47.8 Å². The molecule has 0 radical (unpaired) electrons. The van der Waals surface area contributed by atoms with Gasteiger partial charge in [-0.1, -0.05) is 43.5 Å². The van der Waals surface area contributed by atoms with Gasteiger partial charge >= 0.3 is 12.0 Å². The largest absolute Gasteiger partial charge is 0.466 e. The smallest absolute Gasteiger partial charge is 0.323 e. The van der Waals surface area contributed by atoms with Gasteiger partial charge in [-0.2, -0.15) is 5.10 Å². The number of benzene rings is 2. The Labute approximate surface area is 228 Å². The Kier molecular flexibility index (Phi) is 9.44. The number of urea groups is 1. The number of fused-ring (bicyclic) bond motifs is 1. The van der Waals surface area contributed by atoms with Crippen LogP contribution in [0.25, 0.3) is 22.3 Å². The maximum atomic E-state index is 12.4. The number of anilines is 3. The predicted molar refractivity (Wildman–Crippen MR) is 153 cm³/mol. The maximum absolute atomic E-state index is 12.4. The van der Waals surface area contributed by atoms with Crippen molar-refractivity contribution in [3.63, 3.8) is 0 Å². The molecular formula is C29H35N7O3. The zero-order valence-corrected chi connectivity index (χ0v) is 22.4. The van der Waals surface area contributed by atoms with Crippen LogP contribution in [0.1, 0.15) is 51.0 Å². The summed E-state index contributed by atoms with van der Waals surface area (Å²) in [7, 11) is 0. The first kappa shape index (κ1) is 27.6. The summed E-state index contributed by atoms with van der Waals surface area (Å²) >= 11 is 0. The van der Waals surface area contributed by atoms with Crippen LogP contribution in [0.2, 0.25) is 0 Å². The number of nitrogens with two attached hydrogens (primary N) is 1. The van der Waals surface area contributed by atoms with E-state index in [0.717, 1.165) is 48.9 Å². The van der Waals surface area contributed by atoms with Crippen LogP contribution in [-0.2, 0) is 16.1 Å². The first-order valence-electron chi connectivity index (χ1n) is 13.3. The zero-order valence-electron chi connectivity index (χ0n) is 22.4. The molecule has 0 atom stereocenters. The second-order valence-corrected chi connectivity index (χ2v) is 9.38. The first-order chi connectivity index (χ1) is 18.9. The molecule has 4 rings (SSSR count). The number of carbonyl (C=O) groups excluding carboxylic acids is 2. The number of hydrogen-bond acceptors (Lipinski definition) is 7. The minimum atomic E-state index is -0.318. The third kappa shape index (κ3) is 7.53. The molecule has 4 N–H and O–H groups in total. The number of carbonyl (C=O) groups is 2. The molecule has 0 aliphatic heterocycles. The fraction of sp³-hybridized carbons (Fsp3) is 0.345. The van der Waals surface area contributed by atoms with Crippen LogP contribution in [0.3, 0.4) is 0 Å². The summed E-state index contributed by atoms with van der Waals surface area (Å²) in [4.78, 5) is 32.5. The van der Waals surface area contributed by atoms with Crippen LogP contribution in [-0.4, -0.2) is 38.4 Å². The fourth-order valence-corrected chi connectivity index (χ4v) is 4.41. The van der Waals surface area contributed by atoms with Crippen LogP contribution >= 0.6 is 0 Å². The van der Waals surface area contributed by atoms with E-state index in [1.54, 1.807) is 0 Å². The van der Waals surface area contributed by atoms with Crippen molar-refractivity contribution in [2.24, 2.45) is 0 Å². The number of esters is 1. The number of hydrogen-bond donors (Lipinski definition) is 3. The SMILES string of the molecule is CCOC(=O)CCCCCCCn1nc(-c2ccc(NC(=O)Nc3cccc(C)c3)cc2)c2c(N)ncnc21. The van der Waals surface area contributed by atoms with Crippen molar-refractivity contribution < 1.29 is 14.3 Å². The quantitative estimate of drug-likeness (QED) is 0.153. The lowest BCUT2D eigenvalue weighted by Gasteiger charge is -2.09. The monoisotopic (exact) mass is 529 g/mol. The average Bonchev–Trinajstić information content (AvgIpc) is 3.28. The molecule has 10 heteroatoms. The van der Waals surface area contributed by atoms with Crippen molar-refractivity contribution in [3.8, 4) is 11.3 Å². The minimum Gasteiger partial charge on any atom is -0.466 e. The summed E-state index contributed by atoms with van der Waals surface area (Å²) in [5.41, 5.74) is 10.9. The van der Waals surface area contributed by atoms with Gasteiger partial charge < -0.3 is 21.1 Å². The number of aromatic nitrogens is 4. The van der Waals surface area contributed by atoms with Gasteiger partial charge in [0.2, 0.25) is 0 Å². The normalized spacial score (nSPS) is 10.9. The van der Waals surface area contributed by atoms with Gasteiger partial charge in [0, 0.05) is 29.9 Å². The Balaban J connectivity index is 1.37. The third-order valence-corrected chi connectivity index (χ3v) is 6.31. The molecule has 2 aromatic carbocycles. The molecular weight excluding hydrogens is 494 g/mol. The van der Waals surface area contributed by atoms with E-state index in [4.69, 9.17) is 15.6 Å². The highest BCUT2D eigenvalue weighted by Crippen LogP contribution is 2.31. The third-order valence-electron chi connectivity index (χ3n) is 6.31. The fourth-order valence-electron chi connectivity index (χ4n) is 4.41. The Bertz CT molecular complexity index is 1420. The Morgan fingerprint density at radius 3 is 2.46 bits per heavy atom. The minimum absolute atomic E-state index is 0.125. The van der Waals surface area contributed by atoms with Crippen LogP contribution in [0, 0.1) is 6.92 Å². The standard InChI is InChI=1S/C29H35N7O3/c1-3-39-24(37)12-7-5-4-6-8-17-36-28-25(27(30)31-19-32-28)26(35-36)21-13-15-22(16-14-21)33-29(38)34-23-11-9-10-20(2)18-23/h9-11,13-16,18-19H,3-8,12,17H2,1-2H3,(H2,30,31,32)(H2,33,34,38). The lowest BCUT2D eigenvalue weighted by atomic mass is 10.1. The maximum Gasteiger partial charge on any atom is 0.323 e. The van der Waals surface area contributed by atoms with E-state index in [2.05, 4.69) is 20.6 Å². The van der Waals surface area contributed by atoms with Crippen LogP contribution in [0.15, 0.2) is 54.9 Å². The average molecular weight is 530 g/mol. The van der Waals surface area contributed by atoms with Crippen LogP contribution < -0.4 is 16.4 Å². The molecule has 10 nitrogen and oxygen atoms in total. The van der Waals surface area contributed by atoms with Crippen LogP contribution in [0.5, 0.6) is 0 Å². The number of unbranched alkanes of at least 4 members (excludes halogenated alkanes) is 4. The second kappa shape index (κ2) is 13.4. The molecule has 0 unspecified atom stereocenters. The highest BCUT2D eigenvalue weighted by atomic mass is 16.5. The summed E-state index contributed by atoms with van der Waals surface area (Å²) in [5.74, 6) is 0.250. The molecule has 0 saturated heterocycles. The summed E-state index contributed by atoms with van der Waals surface area (Å²) in [6, 6.07) is 14.7. The van der Waals surface area contributed by atoms with E-state index in [9.17, 15) is 9.59 Å². The van der Waals surface area contributed by atoms with Gasteiger partial charge in [0.1, 0.15) is 17.8 Å². The number of amides is 2. The summed E-state index contributed by atoms with van der Waals surface area (Å²) in [5, 5.41) is 11.2. The van der Waals surface area contributed by atoms with Crippen molar-refractivity contribution in [1.82, 2.24) is 19.7 Å². The number of nitrogens with zero attached hydrogens (tertiary/aromatic N) is 4. The van der Waals surface area contributed by atoms with Gasteiger partial charge in [-0.05, 0) is 56.5 Å². The molecule has 2 aromatic heterocycles. The molecule has 0 saturated carbocycles. The molecule has 0 aliphatic rings. The summed E-state index contributed by atoms with van der Waals surface area (Å²) in [6.45, 7) is 4.92. The predicted octanol–water partition coefficient (Wildman–Crippen LogP) is 5.93. The number of rotatable bonds is 12. The highest BCUT2D eigenvalue weighted by Gasteiger charge is 2.17. The van der Waals surface area contributed by atoms with Crippen molar-refractivity contribution >= 4 is 40.2 Å². The number of ether oxygens (including phenoxy) is 1. The molecule has 2 amide bonds. The Hall–Kier alpha value is -4.47. The zero-order chi connectivity index (χ0) is 27.6. The van der Waals surface area contributed by atoms with Gasteiger partial charge in [0.25, 0.3) is 0 Å². The molecule has 39 heavy (non-hydrogen) atoms. The van der Waals surface area contributed by atoms with E-state index in [1.165, 1.54) is 6.33 Å². The molecule has 0 spiro atoms. The van der Waals surface area contributed by atoms with E-state index in [-0.39, 0.29) is 12.0 Å². The summed E-state index contributed by atoms with van der Waals surface area (Å²) in [6.07, 6.45) is 6.74. The van der Waals surface area contributed by atoms with Gasteiger partial charge in [0.05, 0.1) is 12.0 Å². The van der Waals surface area contributed by atoms with Crippen molar-refractivity contribution in [3.05, 3.63) is 60.4 Å². The summed E-state index contributed by atoms with van der Waals surface area (Å²) < 4.78 is 6.85. The molecule has 0 bridgehead atoms. The highest BCUT2D eigenvalue weighted by molar-refractivity contribution is 6.01. The van der Waals surface area contributed by atoms with E-state index < -0.39 is 0 Å². The number of aryl methyl sites for hydroxylation is 2. The van der Waals surface area contributed by atoms with Crippen molar-refractivity contribution in [1.29, 1.82) is 0 Å². The van der Waals surface area contributed by atoms with Gasteiger partial charge in [0.15, 0.2) is 5.65 Å². The van der Waals surface area contributed by atoms with Gasteiger partial charge in [-0.25, -0.2) is 19.4 Å². The van der Waals surface area contributed by atoms with Crippen molar-refractivity contribution in [2.45, 2.75) is 58.9 Å². The molecule has 2 heterocycles. The van der Waals surface area contributed by atoms with E-state index >= 15 is 0 Å². The number of nitrogens with one attached hydrogen (secondary N) is 2. The molecule has 0 fully saturated rings. The Morgan fingerprint density at radius 1 is 0.949 bits per heavy atom. The molecule has 0 aliphatic carbocycles. The van der Waals surface area contributed by atoms with Gasteiger partial charge in [-0.3, -0.25) is 4.79 Å². The number of nitrogen functional groups attached to an aromatic ring is 1. The Morgan fingerprint density at radius 2 is 1.69 bits per heavy atom.